The van der Waals surface area contributed by atoms with Crippen molar-refractivity contribution in [2.24, 2.45) is 4.99 Å². The minimum Gasteiger partial charge on any atom is -0.336 e. The maximum Gasteiger partial charge on any atom is 0.344 e. The monoisotopic (exact) mass is 320 g/mol. The number of hydrogen-bond donors (Lipinski definition) is 1. The molecular weight excluding hydrogens is 300 g/mol. The van der Waals surface area contributed by atoms with E-state index in [9.17, 15) is 9.59 Å². The fourth-order valence-corrected chi connectivity index (χ4v) is 3.13. The van der Waals surface area contributed by atoms with Gasteiger partial charge in [-0.25, -0.2) is 18.1 Å². The Morgan fingerprint density at radius 3 is 2.45 bits per heavy atom. The van der Waals surface area contributed by atoms with Crippen molar-refractivity contribution in [3.05, 3.63) is 44.6 Å². The van der Waals surface area contributed by atoms with Gasteiger partial charge in [-0.3, -0.25) is 0 Å². The van der Waals surface area contributed by atoms with Gasteiger partial charge in [-0.2, -0.15) is 4.99 Å². The van der Waals surface area contributed by atoms with Gasteiger partial charge in [0.15, 0.2) is 0 Å². The molecule has 0 saturated carbocycles. The van der Waals surface area contributed by atoms with Crippen molar-refractivity contribution in [1.82, 2.24) is 13.8 Å². The smallest absolute Gasteiger partial charge is 0.336 e. The minimum absolute atomic E-state index is 0.173. The Morgan fingerprint density at radius 1 is 1.27 bits per heavy atom. The van der Waals surface area contributed by atoms with E-state index in [-0.39, 0.29) is 5.69 Å². The Balaban J connectivity index is 2.78. The lowest BCUT2D eigenvalue weighted by Crippen LogP contribution is -2.31. The molecule has 0 fully saturated rings. The molecule has 1 aromatic heterocycles. The van der Waals surface area contributed by atoms with Crippen LogP contribution in [0.3, 0.4) is 0 Å². The van der Waals surface area contributed by atoms with Crippen LogP contribution in [0.4, 0.5) is 4.79 Å². The molecule has 0 aliphatic rings. The summed E-state index contributed by atoms with van der Waals surface area (Å²) in [7, 11) is 0. The molecule has 1 heterocycles. The van der Waals surface area contributed by atoms with Crippen molar-refractivity contribution in [3.8, 4) is 5.69 Å². The average molecular weight is 320 g/mol. The second kappa shape index (κ2) is 6.74. The number of aromatic nitrogens is 2. The molecule has 0 aliphatic heterocycles. The summed E-state index contributed by atoms with van der Waals surface area (Å²) in [6.45, 7) is 8.64. The first-order chi connectivity index (χ1) is 10.5. The van der Waals surface area contributed by atoms with Crippen molar-refractivity contribution in [2.75, 3.05) is 6.54 Å². The largest absolute Gasteiger partial charge is 0.344 e. The second-order valence-corrected chi connectivity index (χ2v) is 5.86. The number of carbonyl (C=O) groups is 1. The van der Waals surface area contributed by atoms with Crippen LogP contribution in [0.15, 0.2) is 28.0 Å². The highest BCUT2D eigenvalue weighted by Gasteiger charge is 2.14. The third-order valence-corrected chi connectivity index (χ3v) is 4.34. The van der Waals surface area contributed by atoms with Crippen molar-refractivity contribution in [1.29, 1.82) is 0 Å². The number of carbonyl (C=O) groups excluding carboxylic acids is 1. The molecule has 6 nitrogen and oxygen atoms in total. The molecule has 0 radical (unpaired) electrons. The molecular formula is C15H20N4O2S. The first-order valence-electron chi connectivity index (χ1n) is 7.21. The maximum atomic E-state index is 12.6. The summed E-state index contributed by atoms with van der Waals surface area (Å²) in [6.07, 6.45) is 0. The summed E-state index contributed by atoms with van der Waals surface area (Å²) in [5, 5.41) is 2.63. The number of nitrogens with one attached hydrogen (secondary N) is 1. The lowest BCUT2D eigenvalue weighted by Gasteiger charge is -2.09. The topological polar surface area (TPSA) is 68.4 Å². The molecule has 22 heavy (non-hydrogen) atoms. The maximum absolute atomic E-state index is 12.6. The van der Waals surface area contributed by atoms with E-state index in [1.54, 1.807) is 3.96 Å². The Kier molecular flexibility index (Phi) is 4.97. The van der Waals surface area contributed by atoms with Gasteiger partial charge in [0.2, 0.25) is 4.80 Å². The van der Waals surface area contributed by atoms with E-state index >= 15 is 0 Å². The van der Waals surface area contributed by atoms with Gasteiger partial charge in [-0.15, -0.1) is 0 Å². The molecule has 7 heteroatoms. The van der Waals surface area contributed by atoms with E-state index < -0.39 is 6.03 Å². The van der Waals surface area contributed by atoms with E-state index in [2.05, 4.69) is 10.3 Å². The second-order valence-electron chi connectivity index (χ2n) is 4.87. The molecule has 1 aromatic carbocycles. The number of nitrogens with zero attached hydrogens (tertiary/aromatic N) is 3. The average Bonchev–Trinajstić information content (AvgIpc) is 2.76. The molecule has 0 atom stereocenters. The fraction of sp³-hybridized carbons (Fsp3) is 0.400. The van der Waals surface area contributed by atoms with Gasteiger partial charge in [0.05, 0.1) is 5.69 Å². The van der Waals surface area contributed by atoms with Crippen LogP contribution in [0.5, 0.6) is 0 Å². The van der Waals surface area contributed by atoms with Crippen molar-refractivity contribution < 1.29 is 4.79 Å². The van der Waals surface area contributed by atoms with Crippen LogP contribution in [0.1, 0.15) is 25.0 Å². The number of rotatable bonds is 3. The zero-order chi connectivity index (χ0) is 16.3. The first-order valence-corrected chi connectivity index (χ1v) is 7.99. The zero-order valence-corrected chi connectivity index (χ0v) is 14.0. The number of amides is 2. The van der Waals surface area contributed by atoms with Gasteiger partial charge < -0.3 is 5.32 Å². The highest BCUT2D eigenvalue weighted by Crippen LogP contribution is 2.16. The third kappa shape index (κ3) is 3.04. The van der Waals surface area contributed by atoms with Gasteiger partial charge in [-0.1, -0.05) is 18.2 Å². The van der Waals surface area contributed by atoms with Crippen LogP contribution in [-0.4, -0.2) is 21.1 Å². The van der Waals surface area contributed by atoms with Crippen LogP contribution in [0.25, 0.3) is 5.69 Å². The summed E-state index contributed by atoms with van der Waals surface area (Å²) in [5.41, 5.74) is 2.55. The first kappa shape index (κ1) is 16.2. The van der Waals surface area contributed by atoms with E-state index in [1.165, 1.54) is 16.1 Å². The van der Waals surface area contributed by atoms with Crippen LogP contribution in [-0.2, 0) is 6.54 Å². The van der Waals surface area contributed by atoms with Crippen LogP contribution >= 0.6 is 11.5 Å². The van der Waals surface area contributed by atoms with E-state index in [4.69, 9.17) is 0 Å². The molecule has 0 unspecified atom stereocenters. The summed E-state index contributed by atoms with van der Waals surface area (Å²) in [6, 6.07) is 5.39. The lowest BCUT2D eigenvalue weighted by atomic mass is 10.1. The molecule has 2 aromatic rings. The van der Waals surface area contributed by atoms with E-state index in [0.717, 1.165) is 16.8 Å². The minimum atomic E-state index is -0.438. The van der Waals surface area contributed by atoms with E-state index in [1.807, 2.05) is 45.9 Å². The Bertz CT molecular complexity index is 793. The summed E-state index contributed by atoms with van der Waals surface area (Å²) >= 11 is 1.19. The molecule has 1 N–H and O–H groups in total. The number of para-hydroxylation sites is 1. The van der Waals surface area contributed by atoms with Gasteiger partial charge >= 0.3 is 11.7 Å². The SMILES string of the molecule is CCNC(=O)/N=c1\sn(CC)c(=O)n1-c1c(C)cccc1C. The summed E-state index contributed by atoms with van der Waals surface area (Å²) in [5.74, 6) is 0. The van der Waals surface area contributed by atoms with Crippen LogP contribution in [0.2, 0.25) is 0 Å². The number of urea groups is 1. The van der Waals surface area contributed by atoms with Crippen molar-refractivity contribution in [3.63, 3.8) is 0 Å². The summed E-state index contributed by atoms with van der Waals surface area (Å²) < 4.78 is 3.11. The number of aryl methyl sites for hydroxylation is 3. The highest BCUT2D eigenvalue weighted by atomic mass is 32.1. The van der Waals surface area contributed by atoms with Crippen LogP contribution in [0, 0.1) is 13.8 Å². The molecule has 0 saturated heterocycles. The molecule has 0 bridgehead atoms. The predicted octanol–water partition coefficient (Wildman–Crippen LogP) is 1.97. The molecule has 0 aliphatic carbocycles. The Labute approximate surface area is 132 Å². The van der Waals surface area contributed by atoms with Gasteiger partial charge in [-0.05, 0) is 50.4 Å². The van der Waals surface area contributed by atoms with Crippen molar-refractivity contribution >= 4 is 17.6 Å². The van der Waals surface area contributed by atoms with E-state index in [0.29, 0.717) is 17.9 Å². The zero-order valence-electron chi connectivity index (χ0n) is 13.2. The number of hydrogen-bond acceptors (Lipinski definition) is 3. The standard InChI is InChI=1S/C15H20N4O2S/c1-5-16-13(20)17-14-19(15(21)18(6-2)22-14)12-10(3)8-7-9-11(12)4/h7-9H,5-6H2,1-4H3,(H,16,20)/b17-14-. The van der Waals surface area contributed by atoms with Gasteiger partial charge in [0.1, 0.15) is 0 Å². The Morgan fingerprint density at radius 2 is 1.91 bits per heavy atom. The third-order valence-electron chi connectivity index (χ3n) is 3.26. The lowest BCUT2D eigenvalue weighted by molar-refractivity contribution is 0.249. The molecule has 118 valence electrons. The van der Waals surface area contributed by atoms with Crippen molar-refractivity contribution in [2.45, 2.75) is 34.2 Å². The predicted molar refractivity (Wildman–Crippen MR) is 87.7 cm³/mol. The normalized spacial score (nSPS) is 11.7. The number of benzene rings is 1. The quantitative estimate of drug-likeness (QED) is 0.939. The van der Waals surface area contributed by atoms with Gasteiger partial charge in [0.25, 0.3) is 0 Å². The fourth-order valence-electron chi connectivity index (χ4n) is 2.27. The van der Waals surface area contributed by atoms with Gasteiger partial charge in [0, 0.05) is 13.1 Å². The molecule has 2 rings (SSSR count). The highest BCUT2D eigenvalue weighted by molar-refractivity contribution is 7.03. The molecule has 2 amide bonds. The molecule has 0 spiro atoms. The van der Waals surface area contributed by atoms with Crippen LogP contribution < -0.4 is 15.8 Å². The summed E-state index contributed by atoms with van der Waals surface area (Å²) in [4.78, 5) is 28.8. The Hall–Kier alpha value is -2.15.